The maximum absolute atomic E-state index is 12.9. The molecule has 2 heterocycles. The number of halogens is 1. The Morgan fingerprint density at radius 1 is 1.21 bits per heavy atom. The van der Waals surface area contributed by atoms with Gasteiger partial charge in [-0.2, -0.15) is 0 Å². The molecule has 3 aromatic rings. The molecule has 3 N–H and O–H groups in total. The third-order valence-corrected chi connectivity index (χ3v) is 5.34. The zero-order valence-corrected chi connectivity index (χ0v) is 18.6. The van der Waals surface area contributed by atoms with Crippen LogP contribution in [0.1, 0.15) is 41.0 Å². The van der Waals surface area contributed by atoms with Crippen molar-refractivity contribution in [3.63, 3.8) is 0 Å². The molecule has 172 valence electrons. The number of carbonyl (C=O) groups excluding carboxylic acids is 1. The maximum atomic E-state index is 12.9. The van der Waals surface area contributed by atoms with Gasteiger partial charge in [-0.1, -0.05) is 24.3 Å². The average molecular weight is 470 g/mol. The van der Waals surface area contributed by atoms with Crippen molar-refractivity contribution < 1.29 is 19.0 Å². The lowest BCUT2D eigenvalue weighted by molar-refractivity contribution is -0.0154. The molecule has 1 atom stereocenters. The van der Waals surface area contributed by atoms with E-state index in [1.165, 1.54) is 6.08 Å². The Labute approximate surface area is 195 Å². The second kappa shape index (κ2) is 10.5. The number of nitrogens with two attached hydrogens (primary N) is 1. The number of nitrogens with zero attached hydrogens (tertiary/aromatic N) is 3. The Morgan fingerprint density at radius 2 is 2.06 bits per heavy atom. The summed E-state index contributed by atoms with van der Waals surface area (Å²) in [5, 5.41) is 13.4. The van der Waals surface area contributed by atoms with Crippen molar-refractivity contribution in [3.8, 4) is 17.2 Å². The molecule has 1 aromatic heterocycles. The number of H-pyrrole nitrogens is 1. The third-order valence-electron chi connectivity index (χ3n) is 5.07. The van der Waals surface area contributed by atoms with E-state index < -0.39 is 5.72 Å². The Bertz CT molecular complexity index is 1100. The SMILES string of the molecule is NC1(c2nnn[nH]2)COc2cccc(C(=O)C=Cc3ccc(OCCCCCCl)cc3)c2O1. The number of aromatic amines is 1. The summed E-state index contributed by atoms with van der Waals surface area (Å²) in [7, 11) is 0. The van der Waals surface area contributed by atoms with Gasteiger partial charge in [-0.3, -0.25) is 10.5 Å². The molecule has 4 rings (SSSR count). The van der Waals surface area contributed by atoms with E-state index in [1.807, 2.05) is 24.3 Å². The highest BCUT2D eigenvalue weighted by atomic mass is 35.5. The monoisotopic (exact) mass is 469 g/mol. The van der Waals surface area contributed by atoms with E-state index in [2.05, 4.69) is 20.6 Å². The summed E-state index contributed by atoms with van der Waals surface area (Å²) >= 11 is 5.68. The summed E-state index contributed by atoms with van der Waals surface area (Å²) in [4.78, 5) is 12.9. The smallest absolute Gasteiger partial charge is 0.254 e. The van der Waals surface area contributed by atoms with E-state index in [-0.39, 0.29) is 24.0 Å². The number of para-hydroxylation sites is 1. The van der Waals surface area contributed by atoms with E-state index in [4.69, 9.17) is 31.5 Å². The van der Waals surface area contributed by atoms with E-state index in [0.29, 0.717) is 23.8 Å². The lowest BCUT2D eigenvalue weighted by Crippen LogP contribution is -2.51. The highest BCUT2D eigenvalue weighted by molar-refractivity contribution is 6.17. The van der Waals surface area contributed by atoms with Crippen molar-refractivity contribution >= 4 is 23.5 Å². The number of hydrogen-bond acceptors (Lipinski definition) is 8. The number of ketones is 1. The van der Waals surface area contributed by atoms with Gasteiger partial charge in [0.1, 0.15) is 12.4 Å². The van der Waals surface area contributed by atoms with Crippen LogP contribution in [0.3, 0.4) is 0 Å². The number of alkyl halides is 1. The first-order valence-corrected chi connectivity index (χ1v) is 11.1. The minimum Gasteiger partial charge on any atom is -0.494 e. The second-order valence-corrected chi connectivity index (χ2v) is 7.91. The number of allylic oxidation sites excluding steroid dienone is 1. The fourth-order valence-corrected chi connectivity index (χ4v) is 3.47. The van der Waals surface area contributed by atoms with E-state index in [0.717, 1.165) is 30.6 Å². The van der Waals surface area contributed by atoms with Gasteiger partial charge in [-0.05, 0) is 65.6 Å². The van der Waals surface area contributed by atoms with Gasteiger partial charge in [0.25, 0.3) is 5.72 Å². The molecular formula is C23H24ClN5O4. The van der Waals surface area contributed by atoms with Crippen LogP contribution < -0.4 is 19.9 Å². The highest BCUT2D eigenvalue weighted by Gasteiger charge is 2.40. The lowest BCUT2D eigenvalue weighted by Gasteiger charge is -2.33. The minimum absolute atomic E-state index is 0.00845. The summed E-state index contributed by atoms with van der Waals surface area (Å²) in [6, 6.07) is 12.6. The quantitative estimate of drug-likeness (QED) is 0.200. The predicted octanol–water partition coefficient (Wildman–Crippen LogP) is 3.47. The first-order chi connectivity index (χ1) is 16.1. The van der Waals surface area contributed by atoms with E-state index in [1.54, 1.807) is 24.3 Å². The van der Waals surface area contributed by atoms with Gasteiger partial charge in [0, 0.05) is 5.88 Å². The molecule has 10 heteroatoms. The Balaban J connectivity index is 1.42. The molecule has 2 aromatic carbocycles. The normalized spacial score (nSPS) is 17.3. The fourth-order valence-electron chi connectivity index (χ4n) is 3.28. The molecule has 33 heavy (non-hydrogen) atoms. The molecule has 1 aliphatic heterocycles. The molecule has 0 amide bonds. The van der Waals surface area contributed by atoms with Crippen LogP contribution in [0.4, 0.5) is 0 Å². The Hall–Kier alpha value is -3.43. The molecular weight excluding hydrogens is 446 g/mol. The number of unbranched alkanes of at least 4 members (excludes halogenated alkanes) is 2. The number of nitrogens with one attached hydrogen (secondary N) is 1. The molecule has 9 nitrogen and oxygen atoms in total. The van der Waals surface area contributed by atoms with Crippen LogP contribution in [-0.2, 0) is 5.72 Å². The predicted molar refractivity (Wildman–Crippen MR) is 122 cm³/mol. The second-order valence-electron chi connectivity index (χ2n) is 7.53. The van der Waals surface area contributed by atoms with Crippen molar-refractivity contribution in [2.24, 2.45) is 5.73 Å². The van der Waals surface area contributed by atoms with E-state index >= 15 is 0 Å². The standard InChI is InChI=1S/C23H24ClN5O4/c24-13-2-1-3-14-31-17-10-7-16(8-11-17)9-12-19(30)18-5-4-6-20-21(18)33-23(25,15-32-20)22-26-28-29-27-22/h4-12H,1-3,13-15,25H2,(H,26,27,28,29). The fraction of sp³-hybridized carbons (Fsp3) is 0.304. The summed E-state index contributed by atoms with van der Waals surface area (Å²) in [6.07, 6.45) is 6.21. The maximum Gasteiger partial charge on any atom is 0.254 e. The zero-order chi connectivity index (χ0) is 23.1. The number of aromatic nitrogens is 4. The van der Waals surface area contributed by atoms with Crippen molar-refractivity contribution in [3.05, 3.63) is 65.5 Å². The van der Waals surface area contributed by atoms with E-state index in [9.17, 15) is 4.79 Å². The van der Waals surface area contributed by atoms with Crippen molar-refractivity contribution in [2.45, 2.75) is 25.0 Å². The minimum atomic E-state index is -1.43. The van der Waals surface area contributed by atoms with Gasteiger partial charge >= 0.3 is 0 Å². The van der Waals surface area contributed by atoms with Gasteiger partial charge in [0.2, 0.25) is 5.82 Å². The van der Waals surface area contributed by atoms with Gasteiger partial charge in [0.15, 0.2) is 17.3 Å². The molecule has 0 bridgehead atoms. The number of benzene rings is 2. The molecule has 0 spiro atoms. The number of tetrazole rings is 1. The third kappa shape index (κ3) is 5.50. The van der Waals surface area contributed by atoms with Crippen LogP contribution in [0.5, 0.6) is 17.2 Å². The van der Waals surface area contributed by atoms with Crippen molar-refractivity contribution in [2.75, 3.05) is 19.1 Å². The molecule has 1 unspecified atom stereocenters. The van der Waals surface area contributed by atoms with Crippen LogP contribution in [0.15, 0.2) is 48.5 Å². The first-order valence-electron chi connectivity index (χ1n) is 10.6. The number of rotatable bonds is 10. The van der Waals surface area contributed by atoms with Gasteiger partial charge in [0.05, 0.1) is 12.2 Å². The van der Waals surface area contributed by atoms with Crippen LogP contribution >= 0.6 is 11.6 Å². The van der Waals surface area contributed by atoms with Gasteiger partial charge in [-0.25, -0.2) is 5.10 Å². The summed E-state index contributed by atoms with van der Waals surface area (Å²) < 4.78 is 17.4. The molecule has 0 saturated carbocycles. The average Bonchev–Trinajstić information content (AvgIpc) is 3.39. The number of ether oxygens (including phenoxy) is 3. The van der Waals surface area contributed by atoms with Crippen molar-refractivity contribution in [1.29, 1.82) is 0 Å². The Kier molecular flexibility index (Phi) is 7.21. The lowest BCUT2D eigenvalue weighted by atomic mass is 10.1. The van der Waals surface area contributed by atoms with Gasteiger partial charge in [-0.15, -0.1) is 16.7 Å². The summed E-state index contributed by atoms with van der Waals surface area (Å²) in [6.45, 7) is 0.643. The van der Waals surface area contributed by atoms with Crippen LogP contribution in [0, 0.1) is 0 Å². The molecule has 0 fully saturated rings. The molecule has 0 saturated heterocycles. The van der Waals surface area contributed by atoms with Gasteiger partial charge < -0.3 is 14.2 Å². The summed E-state index contributed by atoms with van der Waals surface area (Å²) in [5.74, 6) is 2.08. The zero-order valence-electron chi connectivity index (χ0n) is 17.9. The first kappa shape index (κ1) is 22.8. The molecule has 0 radical (unpaired) electrons. The van der Waals surface area contributed by atoms with Crippen molar-refractivity contribution in [1.82, 2.24) is 20.6 Å². The molecule has 1 aliphatic rings. The number of carbonyl (C=O) groups is 1. The molecule has 0 aliphatic carbocycles. The number of fused-ring (bicyclic) bond motifs is 1. The Morgan fingerprint density at radius 3 is 2.82 bits per heavy atom. The number of hydrogen-bond donors (Lipinski definition) is 2. The van der Waals surface area contributed by atoms with Crippen LogP contribution in [0.2, 0.25) is 0 Å². The summed E-state index contributed by atoms with van der Waals surface area (Å²) in [5.41, 5.74) is 6.03. The highest BCUT2D eigenvalue weighted by Crippen LogP contribution is 2.39. The largest absolute Gasteiger partial charge is 0.494 e. The van der Waals surface area contributed by atoms with Crippen LogP contribution in [0.25, 0.3) is 6.08 Å². The topological polar surface area (TPSA) is 125 Å². The van der Waals surface area contributed by atoms with Crippen LogP contribution in [-0.4, -0.2) is 45.5 Å².